The minimum absolute atomic E-state index is 0.112. The largest absolute Gasteiger partial charge is 0.460 e. The van der Waals surface area contributed by atoms with Crippen molar-refractivity contribution in [2.45, 2.75) is 65.7 Å². The van der Waals surface area contributed by atoms with Gasteiger partial charge in [-0.15, -0.1) is 0 Å². The molecule has 0 radical (unpaired) electrons. The van der Waals surface area contributed by atoms with Crippen LogP contribution in [0.5, 0.6) is 0 Å². The molecule has 0 saturated carbocycles. The highest BCUT2D eigenvalue weighted by molar-refractivity contribution is 5.73. The predicted molar refractivity (Wildman–Crippen MR) is 106 cm³/mol. The van der Waals surface area contributed by atoms with Gasteiger partial charge in [-0.25, -0.2) is 0 Å². The fourth-order valence-electron chi connectivity index (χ4n) is 2.39. The zero-order valence-corrected chi connectivity index (χ0v) is 18.2. The van der Waals surface area contributed by atoms with Gasteiger partial charge in [-0.1, -0.05) is 25.7 Å². The molecule has 0 bridgehead atoms. The van der Waals surface area contributed by atoms with Crippen molar-refractivity contribution in [3.8, 4) is 11.8 Å². The lowest BCUT2D eigenvalue weighted by atomic mass is 9.96. The molecule has 0 aromatic rings. The Hall–Kier alpha value is -1.09. The molecule has 26 heavy (non-hydrogen) atoms. The molecule has 1 aliphatic heterocycles. The second kappa shape index (κ2) is 9.21. The molecule has 0 N–H and O–H groups in total. The van der Waals surface area contributed by atoms with Crippen molar-refractivity contribution in [1.82, 2.24) is 9.80 Å². The zero-order valence-electron chi connectivity index (χ0n) is 18.2. The van der Waals surface area contributed by atoms with E-state index < -0.39 is 5.60 Å². The van der Waals surface area contributed by atoms with Crippen LogP contribution in [0.1, 0.15) is 48.5 Å². The maximum atomic E-state index is 12.3. The molecule has 0 aromatic carbocycles. The minimum Gasteiger partial charge on any atom is -0.460 e. The van der Waals surface area contributed by atoms with Crippen LogP contribution < -0.4 is 0 Å². The Balaban J connectivity index is 2.37. The van der Waals surface area contributed by atoms with Crippen LogP contribution in [0.2, 0.25) is 0 Å². The van der Waals surface area contributed by atoms with E-state index in [1.807, 2.05) is 48.7 Å². The zero-order chi connectivity index (χ0) is 20.1. The van der Waals surface area contributed by atoms with Gasteiger partial charge >= 0.3 is 5.97 Å². The van der Waals surface area contributed by atoms with Crippen LogP contribution in [0.25, 0.3) is 0 Å². The number of hydrogen-bond acceptors (Lipinski definition) is 5. The molecule has 5 nitrogen and oxygen atoms in total. The fraction of sp³-hybridized carbons (Fsp3) is 0.857. The predicted octanol–water partition coefficient (Wildman–Crippen LogP) is 2.64. The van der Waals surface area contributed by atoms with Gasteiger partial charge in [0.2, 0.25) is 0 Å². The summed E-state index contributed by atoms with van der Waals surface area (Å²) in [6, 6.07) is 0. The summed E-state index contributed by atoms with van der Waals surface area (Å²) in [7, 11) is 4.08. The van der Waals surface area contributed by atoms with Crippen LogP contribution in [0.15, 0.2) is 0 Å². The van der Waals surface area contributed by atoms with Gasteiger partial charge in [-0.05, 0) is 54.6 Å². The topological polar surface area (TPSA) is 42.0 Å². The summed E-state index contributed by atoms with van der Waals surface area (Å²) < 4.78 is 11.5. The quantitative estimate of drug-likeness (QED) is 0.512. The van der Waals surface area contributed by atoms with Crippen molar-refractivity contribution in [1.29, 1.82) is 0 Å². The normalized spacial score (nSPS) is 17.7. The molecule has 150 valence electrons. The highest BCUT2D eigenvalue weighted by atomic mass is 16.6. The van der Waals surface area contributed by atoms with E-state index in [9.17, 15) is 4.79 Å². The van der Waals surface area contributed by atoms with Crippen LogP contribution in [0, 0.1) is 23.7 Å². The van der Waals surface area contributed by atoms with Gasteiger partial charge in [0.15, 0.2) is 0 Å². The first-order valence-corrected chi connectivity index (χ1v) is 9.56. The first-order valence-electron chi connectivity index (χ1n) is 9.56. The molecule has 0 amide bonds. The summed E-state index contributed by atoms with van der Waals surface area (Å²) in [6.45, 7) is 16.9. The van der Waals surface area contributed by atoms with Crippen LogP contribution in [0.3, 0.4) is 0 Å². The summed E-state index contributed by atoms with van der Waals surface area (Å²) in [4.78, 5) is 16.7. The van der Waals surface area contributed by atoms with Crippen molar-refractivity contribution in [2.75, 3.05) is 40.3 Å². The van der Waals surface area contributed by atoms with E-state index in [4.69, 9.17) is 9.47 Å². The van der Waals surface area contributed by atoms with Gasteiger partial charge < -0.3 is 9.47 Å². The molecule has 1 heterocycles. The number of likely N-dealkylation sites (tertiary alicyclic amines) is 1. The number of rotatable bonds is 7. The Bertz CT molecular complexity index is 518. The Morgan fingerprint density at radius 3 is 2.23 bits per heavy atom. The van der Waals surface area contributed by atoms with Crippen LogP contribution in [0.4, 0.5) is 0 Å². The minimum atomic E-state index is -0.462. The molecule has 5 heteroatoms. The van der Waals surface area contributed by atoms with Crippen molar-refractivity contribution >= 4 is 5.97 Å². The number of ether oxygens (including phenoxy) is 2. The summed E-state index contributed by atoms with van der Waals surface area (Å²) in [5, 5.41) is 0. The molecule has 1 aliphatic rings. The van der Waals surface area contributed by atoms with Gasteiger partial charge in [0.1, 0.15) is 5.60 Å². The van der Waals surface area contributed by atoms with Crippen LogP contribution >= 0.6 is 0 Å². The lowest BCUT2D eigenvalue weighted by Gasteiger charge is -2.38. The van der Waals surface area contributed by atoms with Gasteiger partial charge in [-0.3, -0.25) is 14.6 Å². The molecule has 1 unspecified atom stereocenters. The highest BCUT2D eigenvalue weighted by Crippen LogP contribution is 2.20. The highest BCUT2D eigenvalue weighted by Gasteiger charge is 2.32. The number of carbonyl (C=O) groups is 1. The smallest absolute Gasteiger partial charge is 0.312 e. The molecule has 0 aliphatic carbocycles. The lowest BCUT2D eigenvalue weighted by Crippen LogP contribution is -2.53. The SMILES string of the molecule is CC(C)C(COC1CN(CC#CC(C)(C)N(C)C)C1)C(=O)OC(C)(C)C. The molecule has 1 saturated heterocycles. The second-order valence-electron chi connectivity index (χ2n) is 9.29. The molecular weight excluding hydrogens is 328 g/mol. The van der Waals surface area contributed by atoms with E-state index in [2.05, 4.69) is 35.5 Å². The summed E-state index contributed by atoms with van der Waals surface area (Å²) in [5.41, 5.74) is -0.574. The maximum Gasteiger partial charge on any atom is 0.312 e. The monoisotopic (exact) mass is 366 g/mol. The van der Waals surface area contributed by atoms with E-state index in [0.717, 1.165) is 19.6 Å². The van der Waals surface area contributed by atoms with E-state index in [1.165, 1.54) is 0 Å². The standard InChI is InChI=1S/C21H38N2O3/c1-16(2)18(19(24)26-20(3,4)5)15-25-17-13-23(14-17)12-10-11-21(6,7)22(8)9/h16-18H,12-15H2,1-9H3. The van der Waals surface area contributed by atoms with Crippen molar-refractivity contribution < 1.29 is 14.3 Å². The van der Waals surface area contributed by atoms with Gasteiger partial charge in [0.25, 0.3) is 0 Å². The van der Waals surface area contributed by atoms with Crippen molar-refractivity contribution in [3.63, 3.8) is 0 Å². The Morgan fingerprint density at radius 2 is 1.77 bits per heavy atom. The Kier molecular flexibility index (Phi) is 8.13. The Labute approximate surface area is 160 Å². The van der Waals surface area contributed by atoms with Crippen LogP contribution in [-0.2, 0) is 14.3 Å². The fourth-order valence-corrected chi connectivity index (χ4v) is 2.39. The first kappa shape index (κ1) is 23.0. The van der Waals surface area contributed by atoms with Gasteiger partial charge in [-0.2, -0.15) is 0 Å². The van der Waals surface area contributed by atoms with E-state index in [1.54, 1.807) is 0 Å². The first-order chi connectivity index (χ1) is 11.8. The molecule has 1 fully saturated rings. The summed E-state index contributed by atoms with van der Waals surface area (Å²) in [6.07, 6.45) is 0.183. The van der Waals surface area contributed by atoms with E-state index >= 15 is 0 Å². The van der Waals surface area contributed by atoms with Gasteiger partial charge in [0.05, 0.1) is 30.7 Å². The number of carbonyl (C=O) groups excluding carboxylic acids is 1. The van der Waals surface area contributed by atoms with Gasteiger partial charge in [0, 0.05) is 13.1 Å². The number of esters is 1. The molecular formula is C21H38N2O3. The van der Waals surface area contributed by atoms with Crippen LogP contribution in [-0.4, -0.2) is 73.3 Å². The third-order valence-electron chi connectivity index (χ3n) is 4.76. The van der Waals surface area contributed by atoms with Crippen molar-refractivity contribution in [2.24, 2.45) is 11.8 Å². The average molecular weight is 367 g/mol. The van der Waals surface area contributed by atoms with E-state index in [-0.39, 0.29) is 29.4 Å². The molecule has 1 atom stereocenters. The maximum absolute atomic E-state index is 12.3. The molecule has 1 rings (SSSR count). The Morgan fingerprint density at radius 1 is 1.19 bits per heavy atom. The van der Waals surface area contributed by atoms with Crippen molar-refractivity contribution in [3.05, 3.63) is 0 Å². The average Bonchev–Trinajstić information content (AvgIpc) is 2.40. The third kappa shape index (κ3) is 7.65. The number of nitrogens with zero attached hydrogens (tertiary/aromatic N) is 2. The third-order valence-corrected chi connectivity index (χ3v) is 4.76. The lowest BCUT2D eigenvalue weighted by molar-refractivity contribution is -0.166. The second-order valence-corrected chi connectivity index (χ2v) is 9.29. The van der Waals surface area contributed by atoms with E-state index in [0.29, 0.717) is 6.61 Å². The summed E-state index contributed by atoms with van der Waals surface area (Å²) in [5.74, 6) is 6.38. The molecule has 0 spiro atoms. The molecule has 0 aromatic heterocycles. The summed E-state index contributed by atoms with van der Waals surface area (Å²) >= 11 is 0. The number of hydrogen-bond donors (Lipinski definition) is 0.